The Bertz CT molecular complexity index is 983. The number of aromatic nitrogens is 2. The molecule has 0 radical (unpaired) electrons. The van der Waals surface area contributed by atoms with E-state index in [1.165, 1.54) is 18.2 Å². The highest BCUT2D eigenvalue weighted by molar-refractivity contribution is 5.92. The number of carbonyl (C=O) groups is 1. The Morgan fingerprint density at radius 3 is 2.70 bits per heavy atom. The lowest BCUT2D eigenvalue weighted by atomic mass is 10.1. The van der Waals surface area contributed by atoms with E-state index >= 15 is 0 Å². The Balaban J connectivity index is 1.72. The van der Waals surface area contributed by atoms with Crippen LogP contribution in [-0.4, -0.2) is 21.2 Å². The third-order valence-electron chi connectivity index (χ3n) is 3.70. The van der Waals surface area contributed by atoms with Gasteiger partial charge >= 0.3 is 12.1 Å². The lowest BCUT2D eigenvalue weighted by Gasteiger charge is -2.06. The second kappa shape index (κ2) is 7.10. The third kappa shape index (κ3) is 4.08. The maximum Gasteiger partial charge on any atom is 0.416 e. The van der Waals surface area contributed by atoms with Gasteiger partial charge in [-0.15, -0.1) is 0 Å². The Kier molecular flexibility index (Phi) is 4.85. The maximum atomic E-state index is 12.8. The van der Waals surface area contributed by atoms with Crippen LogP contribution in [0, 0.1) is 6.92 Å². The van der Waals surface area contributed by atoms with Crippen molar-refractivity contribution >= 4 is 5.97 Å². The number of phenols is 1. The molecular formula is C18H13F3N2O4. The van der Waals surface area contributed by atoms with E-state index in [0.29, 0.717) is 5.56 Å². The van der Waals surface area contributed by atoms with Gasteiger partial charge in [-0.3, -0.25) is 0 Å². The van der Waals surface area contributed by atoms with Gasteiger partial charge in [0, 0.05) is 5.56 Å². The van der Waals surface area contributed by atoms with Crippen molar-refractivity contribution < 1.29 is 32.3 Å². The first-order chi connectivity index (χ1) is 12.8. The number of nitrogens with zero attached hydrogens (tertiary/aromatic N) is 2. The van der Waals surface area contributed by atoms with Crippen molar-refractivity contribution in [3.63, 3.8) is 0 Å². The largest absolute Gasteiger partial charge is 0.507 e. The normalized spacial score (nSPS) is 11.4. The number of phenolic OH excluding ortho intramolecular Hbond substituents is 1. The fourth-order valence-corrected chi connectivity index (χ4v) is 2.29. The first-order valence-electron chi connectivity index (χ1n) is 7.71. The summed E-state index contributed by atoms with van der Waals surface area (Å²) in [6.07, 6.45) is -4.49. The monoisotopic (exact) mass is 378 g/mol. The van der Waals surface area contributed by atoms with Gasteiger partial charge in [0.2, 0.25) is 5.82 Å². The van der Waals surface area contributed by atoms with Crippen molar-refractivity contribution in [1.82, 2.24) is 10.1 Å². The third-order valence-corrected chi connectivity index (χ3v) is 3.70. The number of esters is 1. The van der Waals surface area contributed by atoms with Crippen LogP contribution in [0.3, 0.4) is 0 Å². The second-order valence-corrected chi connectivity index (χ2v) is 5.64. The van der Waals surface area contributed by atoms with E-state index in [2.05, 4.69) is 10.1 Å². The zero-order valence-electron chi connectivity index (χ0n) is 13.9. The number of hydrogen-bond donors (Lipinski definition) is 1. The first kappa shape index (κ1) is 18.4. The van der Waals surface area contributed by atoms with E-state index in [1.807, 2.05) is 0 Å². The number of ether oxygens (including phenoxy) is 1. The molecule has 0 aliphatic carbocycles. The van der Waals surface area contributed by atoms with Crippen molar-refractivity contribution in [2.75, 3.05) is 0 Å². The quantitative estimate of drug-likeness (QED) is 0.687. The topological polar surface area (TPSA) is 85.5 Å². The molecule has 1 heterocycles. The second-order valence-electron chi connectivity index (χ2n) is 5.64. The zero-order valence-corrected chi connectivity index (χ0v) is 13.9. The van der Waals surface area contributed by atoms with Gasteiger partial charge in [-0.25, -0.2) is 4.79 Å². The molecule has 9 heteroatoms. The standard InChI is InChI=1S/C18H13F3N2O4/c1-10-4-2-7-13(15(10)24)17(25)26-9-14-22-16(23-27-14)11-5-3-6-12(8-11)18(19,20)21/h2-8,24H,9H2,1H3. The van der Waals surface area contributed by atoms with Crippen LogP contribution >= 0.6 is 0 Å². The molecule has 0 saturated heterocycles. The van der Waals surface area contributed by atoms with Gasteiger partial charge in [0.25, 0.3) is 5.89 Å². The van der Waals surface area contributed by atoms with E-state index in [9.17, 15) is 23.1 Å². The summed E-state index contributed by atoms with van der Waals surface area (Å²) in [7, 11) is 0. The predicted octanol–water partition coefficient (Wildman–Crippen LogP) is 4.13. The number of aromatic hydroxyl groups is 1. The van der Waals surface area contributed by atoms with E-state index in [0.717, 1.165) is 12.1 Å². The molecule has 0 amide bonds. The Labute approximate surface area is 151 Å². The summed E-state index contributed by atoms with van der Waals surface area (Å²) < 4.78 is 48.2. The fraction of sp³-hybridized carbons (Fsp3) is 0.167. The van der Waals surface area contributed by atoms with Crippen LogP contribution in [0.25, 0.3) is 11.4 Å². The Morgan fingerprint density at radius 2 is 1.96 bits per heavy atom. The number of carbonyl (C=O) groups excluding carboxylic acids is 1. The van der Waals surface area contributed by atoms with Gasteiger partial charge in [0.15, 0.2) is 6.61 Å². The highest BCUT2D eigenvalue weighted by Gasteiger charge is 2.30. The van der Waals surface area contributed by atoms with Crippen molar-refractivity contribution in [1.29, 1.82) is 0 Å². The maximum absolute atomic E-state index is 12.8. The minimum atomic E-state index is -4.49. The van der Waals surface area contributed by atoms with Gasteiger partial charge in [0.05, 0.1) is 5.56 Å². The molecule has 0 atom stereocenters. The summed E-state index contributed by atoms with van der Waals surface area (Å²) >= 11 is 0. The summed E-state index contributed by atoms with van der Waals surface area (Å²) in [6, 6.07) is 9.07. The number of alkyl halides is 3. The van der Waals surface area contributed by atoms with E-state index in [4.69, 9.17) is 9.26 Å². The number of halogens is 3. The molecule has 0 spiro atoms. The number of aryl methyl sites for hydroxylation is 1. The summed E-state index contributed by atoms with van der Waals surface area (Å²) in [5, 5.41) is 13.5. The van der Waals surface area contributed by atoms with Crippen LogP contribution in [0.4, 0.5) is 13.2 Å². The van der Waals surface area contributed by atoms with Crippen molar-refractivity contribution in [2.24, 2.45) is 0 Å². The summed E-state index contributed by atoms with van der Waals surface area (Å²) in [5.41, 5.74) is -0.239. The van der Waals surface area contributed by atoms with E-state index in [1.54, 1.807) is 19.1 Å². The van der Waals surface area contributed by atoms with Gasteiger partial charge in [-0.05, 0) is 30.7 Å². The van der Waals surface area contributed by atoms with E-state index < -0.39 is 24.3 Å². The van der Waals surface area contributed by atoms with Crippen LogP contribution in [0.15, 0.2) is 47.0 Å². The molecule has 0 aliphatic heterocycles. The molecule has 1 aromatic heterocycles. The van der Waals surface area contributed by atoms with Gasteiger partial charge in [-0.1, -0.05) is 29.4 Å². The van der Waals surface area contributed by atoms with Crippen LogP contribution in [-0.2, 0) is 17.5 Å². The molecule has 3 rings (SSSR count). The zero-order chi connectivity index (χ0) is 19.6. The highest BCUT2D eigenvalue weighted by atomic mass is 19.4. The molecule has 6 nitrogen and oxygen atoms in total. The number of para-hydroxylation sites is 1. The minimum absolute atomic E-state index is 0.0207. The average molecular weight is 378 g/mol. The molecular weight excluding hydrogens is 365 g/mol. The smallest absolute Gasteiger partial charge is 0.416 e. The molecule has 0 aliphatic rings. The Hall–Kier alpha value is -3.36. The number of hydrogen-bond acceptors (Lipinski definition) is 6. The summed E-state index contributed by atoms with van der Waals surface area (Å²) in [6.45, 7) is 1.24. The predicted molar refractivity (Wildman–Crippen MR) is 86.7 cm³/mol. The molecule has 0 saturated carbocycles. The van der Waals surface area contributed by atoms with Gasteiger partial charge in [-0.2, -0.15) is 18.2 Å². The van der Waals surface area contributed by atoms with E-state index in [-0.39, 0.29) is 28.6 Å². The molecule has 0 bridgehead atoms. The molecule has 140 valence electrons. The molecule has 1 N–H and O–H groups in total. The van der Waals surface area contributed by atoms with Crippen LogP contribution in [0.2, 0.25) is 0 Å². The van der Waals surface area contributed by atoms with Crippen LogP contribution < -0.4 is 0 Å². The Morgan fingerprint density at radius 1 is 1.22 bits per heavy atom. The molecule has 0 fully saturated rings. The summed E-state index contributed by atoms with van der Waals surface area (Å²) in [5.74, 6) is -1.15. The van der Waals surface area contributed by atoms with Gasteiger partial charge < -0.3 is 14.4 Å². The molecule has 27 heavy (non-hydrogen) atoms. The highest BCUT2D eigenvalue weighted by Crippen LogP contribution is 2.31. The molecule has 0 unspecified atom stereocenters. The van der Waals surface area contributed by atoms with Crippen molar-refractivity contribution in [2.45, 2.75) is 19.7 Å². The van der Waals surface area contributed by atoms with Gasteiger partial charge in [0.1, 0.15) is 11.3 Å². The van der Waals surface area contributed by atoms with Crippen LogP contribution in [0.5, 0.6) is 5.75 Å². The molecule has 3 aromatic rings. The van der Waals surface area contributed by atoms with Crippen molar-refractivity contribution in [3.8, 4) is 17.1 Å². The minimum Gasteiger partial charge on any atom is -0.507 e. The lowest BCUT2D eigenvalue weighted by Crippen LogP contribution is -2.06. The molecule has 2 aromatic carbocycles. The fourth-order valence-electron chi connectivity index (χ4n) is 2.29. The first-order valence-corrected chi connectivity index (χ1v) is 7.71. The van der Waals surface area contributed by atoms with Crippen molar-refractivity contribution in [3.05, 3.63) is 65.0 Å². The number of rotatable bonds is 4. The number of benzene rings is 2. The summed E-state index contributed by atoms with van der Waals surface area (Å²) in [4.78, 5) is 16.0. The van der Waals surface area contributed by atoms with Crippen LogP contribution in [0.1, 0.15) is 27.4 Å². The lowest BCUT2D eigenvalue weighted by molar-refractivity contribution is -0.137. The average Bonchev–Trinajstić information content (AvgIpc) is 3.10. The SMILES string of the molecule is Cc1cccc(C(=O)OCc2nc(-c3cccc(C(F)(F)F)c3)no2)c1O.